The van der Waals surface area contributed by atoms with Gasteiger partial charge in [-0.3, -0.25) is 19.3 Å². The van der Waals surface area contributed by atoms with E-state index in [2.05, 4.69) is 0 Å². The van der Waals surface area contributed by atoms with Gasteiger partial charge in [0.1, 0.15) is 22.8 Å². The lowest BCUT2D eigenvalue weighted by Gasteiger charge is -2.50. The number of aliphatic hydroxyl groups excluding tert-OH is 2. The van der Waals surface area contributed by atoms with Gasteiger partial charge < -0.3 is 31.1 Å². The van der Waals surface area contributed by atoms with Crippen LogP contribution in [-0.2, 0) is 27.2 Å². The summed E-state index contributed by atoms with van der Waals surface area (Å²) < 4.78 is 37.6. The smallest absolute Gasteiger partial charge is 0.389 e. The number of unbranched alkanes of at least 4 members (excludes halogenated alkanes) is 2. The molecule has 0 aliphatic heterocycles. The number of nitrogens with two attached hydrogens (primary N) is 1. The number of carbonyl (C=O) groups is 3. The first-order chi connectivity index (χ1) is 19.4. The summed E-state index contributed by atoms with van der Waals surface area (Å²) in [6, 6.07) is 0.529. The van der Waals surface area contributed by atoms with E-state index in [0.717, 1.165) is 0 Å². The minimum absolute atomic E-state index is 0.0274. The zero-order valence-electron chi connectivity index (χ0n) is 23.9. The fourth-order valence-corrected chi connectivity index (χ4v) is 6.75. The SMILES string of the molecule is CN(C)c1cc(CCCCCC(F)(F)F)c(O)c2c1C[C@H]1C[C@H]3[C@H](N(C)C)C(=O)C(C(N)=O)=C(O)[C@@]3(O)C(=O)C1=C2O. The monoisotopic (exact) mass is 595 g/mol. The molecule has 3 aliphatic rings. The normalized spacial score (nSPS) is 25.9. The molecule has 4 atom stereocenters. The summed E-state index contributed by atoms with van der Waals surface area (Å²) in [6.45, 7) is 0. The van der Waals surface area contributed by atoms with Crippen molar-refractivity contribution in [3.63, 3.8) is 0 Å². The summed E-state index contributed by atoms with van der Waals surface area (Å²) >= 11 is 0. The number of aromatic hydroxyl groups is 1. The van der Waals surface area contributed by atoms with E-state index in [1.807, 2.05) is 0 Å². The van der Waals surface area contributed by atoms with Crippen molar-refractivity contribution in [2.24, 2.45) is 17.6 Å². The van der Waals surface area contributed by atoms with E-state index in [4.69, 9.17) is 5.73 Å². The lowest BCUT2D eigenvalue weighted by atomic mass is 9.57. The highest BCUT2D eigenvalue weighted by molar-refractivity contribution is 6.24. The van der Waals surface area contributed by atoms with E-state index >= 15 is 0 Å². The van der Waals surface area contributed by atoms with Crippen LogP contribution >= 0.6 is 0 Å². The Morgan fingerprint density at radius 3 is 2.29 bits per heavy atom. The minimum Gasteiger partial charge on any atom is -0.508 e. The number of ketones is 2. The molecular formula is C29H36F3N3O7. The van der Waals surface area contributed by atoms with Crippen LogP contribution in [0.25, 0.3) is 5.76 Å². The molecule has 1 fully saturated rings. The number of anilines is 1. The second-order valence-corrected chi connectivity index (χ2v) is 11.8. The summed E-state index contributed by atoms with van der Waals surface area (Å²) in [4.78, 5) is 42.5. The molecule has 0 unspecified atom stereocenters. The number of aliphatic hydroxyl groups is 3. The number of phenolic OH excluding ortho intramolecular Hbond substituents is 1. The van der Waals surface area contributed by atoms with Gasteiger partial charge in [0.05, 0.1) is 11.6 Å². The molecule has 230 valence electrons. The molecule has 0 saturated heterocycles. The molecule has 0 spiro atoms. The number of Topliss-reactive ketones (excluding diaryl/α,β-unsaturated/α-hetero) is 2. The molecule has 6 N–H and O–H groups in total. The number of halogens is 3. The molecule has 4 rings (SSSR count). The van der Waals surface area contributed by atoms with E-state index in [-0.39, 0.29) is 49.0 Å². The zero-order chi connectivity index (χ0) is 31.5. The highest BCUT2D eigenvalue weighted by Gasteiger charge is 2.64. The van der Waals surface area contributed by atoms with Crippen LogP contribution in [0.1, 0.15) is 48.8 Å². The number of aryl methyl sites for hydroxylation is 1. The largest absolute Gasteiger partial charge is 0.508 e. The van der Waals surface area contributed by atoms with E-state index < -0.39 is 70.6 Å². The second-order valence-electron chi connectivity index (χ2n) is 11.8. The maximum Gasteiger partial charge on any atom is 0.389 e. The van der Waals surface area contributed by atoms with Gasteiger partial charge in [0.15, 0.2) is 11.4 Å². The second kappa shape index (κ2) is 10.9. The van der Waals surface area contributed by atoms with Crippen LogP contribution in [0.2, 0.25) is 0 Å². The maximum absolute atomic E-state index is 14.0. The van der Waals surface area contributed by atoms with Gasteiger partial charge in [-0.15, -0.1) is 0 Å². The van der Waals surface area contributed by atoms with E-state index in [1.54, 1.807) is 25.1 Å². The first kappa shape index (κ1) is 31.4. The van der Waals surface area contributed by atoms with Crippen LogP contribution in [0.15, 0.2) is 23.0 Å². The van der Waals surface area contributed by atoms with Crippen molar-refractivity contribution < 1.29 is 48.0 Å². The Morgan fingerprint density at radius 2 is 1.74 bits per heavy atom. The zero-order valence-corrected chi connectivity index (χ0v) is 23.9. The first-order valence-electron chi connectivity index (χ1n) is 13.7. The van der Waals surface area contributed by atoms with Crippen molar-refractivity contribution in [3.05, 3.63) is 39.7 Å². The van der Waals surface area contributed by atoms with Gasteiger partial charge in [-0.2, -0.15) is 13.2 Å². The Labute approximate surface area is 240 Å². The summed E-state index contributed by atoms with van der Waals surface area (Å²) in [5.74, 6) is -7.23. The van der Waals surface area contributed by atoms with Gasteiger partial charge >= 0.3 is 6.18 Å². The van der Waals surface area contributed by atoms with E-state index in [0.29, 0.717) is 23.2 Å². The third-order valence-corrected chi connectivity index (χ3v) is 8.66. The Kier molecular flexibility index (Phi) is 8.15. The van der Waals surface area contributed by atoms with Crippen molar-refractivity contribution in [2.75, 3.05) is 33.1 Å². The van der Waals surface area contributed by atoms with E-state index in [9.17, 15) is 48.0 Å². The fraction of sp³-hybridized carbons (Fsp3) is 0.552. The number of nitrogens with zero attached hydrogens (tertiary/aromatic N) is 2. The fourth-order valence-electron chi connectivity index (χ4n) is 6.75. The topological polar surface area (TPSA) is 165 Å². The molecule has 1 saturated carbocycles. The van der Waals surface area contributed by atoms with Crippen LogP contribution in [-0.4, -0.2) is 88.8 Å². The van der Waals surface area contributed by atoms with Crippen LogP contribution in [0.4, 0.5) is 18.9 Å². The minimum atomic E-state index is -4.25. The Bertz CT molecular complexity index is 1400. The predicted molar refractivity (Wildman–Crippen MR) is 147 cm³/mol. The molecule has 0 aromatic heterocycles. The summed E-state index contributed by atoms with van der Waals surface area (Å²) in [5.41, 5.74) is 2.93. The molecule has 10 nitrogen and oxygen atoms in total. The molecule has 0 bridgehead atoms. The van der Waals surface area contributed by atoms with E-state index in [1.165, 1.54) is 19.0 Å². The van der Waals surface area contributed by atoms with Crippen LogP contribution < -0.4 is 10.6 Å². The number of likely N-dealkylation sites (N-methyl/N-ethyl adjacent to an activating group) is 1. The molecule has 0 heterocycles. The van der Waals surface area contributed by atoms with Gasteiger partial charge in [-0.05, 0) is 69.3 Å². The van der Waals surface area contributed by atoms with Gasteiger partial charge in [-0.25, -0.2) is 0 Å². The molecule has 3 aliphatic carbocycles. The average Bonchev–Trinajstić information content (AvgIpc) is 2.85. The summed E-state index contributed by atoms with van der Waals surface area (Å²) in [7, 11) is 6.55. The van der Waals surface area contributed by atoms with Crippen molar-refractivity contribution >= 4 is 28.9 Å². The molecule has 1 aromatic rings. The van der Waals surface area contributed by atoms with Gasteiger partial charge in [0.2, 0.25) is 5.78 Å². The maximum atomic E-state index is 14.0. The van der Waals surface area contributed by atoms with Gasteiger partial charge in [0, 0.05) is 37.7 Å². The van der Waals surface area contributed by atoms with Crippen LogP contribution in [0, 0.1) is 11.8 Å². The van der Waals surface area contributed by atoms with Gasteiger partial charge in [0.25, 0.3) is 5.91 Å². The molecule has 13 heteroatoms. The third kappa shape index (κ3) is 5.02. The quantitative estimate of drug-likeness (QED) is 0.225. The van der Waals surface area contributed by atoms with Crippen molar-refractivity contribution in [2.45, 2.75) is 62.8 Å². The molecule has 1 amide bonds. The lowest BCUT2D eigenvalue weighted by molar-refractivity contribution is -0.153. The summed E-state index contributed by atoms with van der Waals surface area (Å²) in [6.07, 6.45) is -4.31. The number of fused-ring (bicyclic) bond motifs is 3. The number of alkyl halides is 3. The number of hydrogen-bond acceptors (Lipinski definition) is 9. The Balaban J connectivity index is 1.82. The van der Waals surface area contributed by atoms with Crippen molar-refractivity contribution in [1.82, 2.24) is 4.90 Å². The number of amides is 1. The Hall–Kier alpha value is -3.58. The lowest BCUT2D eigenvalue weighted by Crippen LogP contribution is -2.65. The molecular weight excluding hydrogens is 559 g/mol. The average molecular weight is 596 g/mol. The predicted octanol–water partition coefficient (Wildman–Crippen LogP) is 2.70. The molecule has 1 aromatic carbocycles. The number of hydrogen-bond donors (Lipinski definition) is 5. The summed E-state index contributed by atoms with van der Waals surface area (Å²) in [5, 5.41) is 45.4. The third-order valence-electron chi connectivity index (χ3n) is 8.66. The van der Waals surface area contributed by atoms with Crippen molar-refractivity contribution in [3.8, 4) is 5.75 Å². The van der Waals surface area contributed by atoms with Crippen LogP contribution in [0.3, 0.4) is 0 Å². The highest BCUT2D eigenvalue weighted by atomic mass is 19.4. The first-order valence-corrected chi connectivity index (χ1v) is 13.7. The number of primary amides is 1. The number of carbonyl (C=O) groups excluding carboxylic acids is 3. The highest BCUT2D eigenvalue weighted by Crippen LogP contribution is 2.54. The number of rotatable bonds is 8. The van der Waals surface area contributed by atoms with Crippen molar-refractivity contribution in [1.29, 1.82) is 0 Å². The number of benzene rings is 1. The Morgan fingerprint density at radius 1 is 1.10 bits per heavy atom. The van der Waals surface area contributed by atoms with Crippen LogP contribution in [0.5, 0.6) is 5.75 Å². The standard InChI is InChI=1S/C29H36F3N3O7/c1-34(2)17-12-13(8-6-5-7-9-28(30,31)32)22(36)19-15(17)10-14-11-16-21(35(3)4)24(38)20(27(33)41)26(40)29(16,42)25(39)18(14)23(19)37/h12,14,16,21,36-37,40,42H,5-11H2,1-4H3,(H2,33,41)/t14-,16-,21-,29-/m0/s1. The molecule has 0 radical (unpaired) electrons. The number of phenols is 1. The van der Waals surface area contributed by atoms with Gasteiger partial charge in [-0.1, -0.05) is 6.42 Å². The molecule has 42 heavy (non-hydrogen) atoms.